The van der Waals surface area contributed by atoms with Crippen molar-refractivity contribution in [1.82, 2.24) is 20.9 Å². The Morgan fingerprint density at radius 1 is 1.32 bits per heavy atom. The molecule has 3 rings (SSSR count). The first-order valence-electron chi connectivity index (χ1n) is 11.4. The Morgan fingerprint density at radius 3 is 2.91 bits per heavy atom. The Morgan fingerprint density at radius 2 is 2.15 bits per heavy atom. The number of nitrogens with one attached hydrogen (secondary N) is 3. The summed E-state index contributed by atoms with van der Waals surface area (Å²) in [6.07, 6.45) is 6.31. The normalized spacial score (nSPS) is 22.4. The van der Waals surface area contributed by atoms with E-state index in [1.54, 1.807) is 23.1 Å². The van der Waals surface area contributed by atoms with Crippen LogP contribution in [0.2, 0.25) is 5.02 Å². The molecule has 1 aromatic carbocycles. The van der Waals surface area contributed by atoms with Gasteiger partial charge in [-0.25, -0.2) is 8.78 Å². The molecule has 34 heavy (non-hydrogen) atoms. The molecule has 2 aliphatic rings. The highest BCUT2D eigenvalue weighted by molar-refractivity contribution is 6.30. The van der Waals surface area contributed by atoms with E-state index in [4.69, 9.17) is 16.3 Å². The second-order valence-electron chi connectivity index (χ2n) is 8.57. The molecule has 186 valence electrons. The van der Waals surface area contributed by atoms with E-state index in [1.165, 1.54) is 25.1 Å². The van der Waals surface area contributed by atoms with E-state index in [1.807, 2.05) is 0 Å². The maximum atomic E-state index is 15.4. The van der Waals surface area contributed by atoms with Crippen LogP contribution in [0.1, 0.15) is 31.7 Å². The highest BCUT2D eigenvalue weighted by atomic mass is 35.5. The number of allylic oxidation sites excluding steroid dienone is 2. The minimum atomic E-state index is -1.41. The number of benzene rings is 1. The monoisotopic (exact) mass is 496 g/mol. The molecule has 0 radical (unpaired) electrons. The molecule has 1 aromatic rings. The predicted molar refractivity (Wildman–Crippen MR) is 126 cm³/mol. The Hall–Kier alpha value is -2.65. The molecule has 0 spiro atoms. The van der Waals surface area contributed by atoms with E-state index in [2.05, 4.69) is 16.0 Å². The van der Waals surface area contributed by atoms with Gasteiger partial charge in [-0.05, 0) is 42.7 Å². The van der Waals surface area contributed by atoms with Crippen molar-refractivity contribution in [3.8, 4) is 0 Å². The van der Waals surface area contributed by atoms with Gasteiger partial charge in [-0.3, -0.25) is 9.59 Å². The molecule has 2 heterocycles. The molecular weight excluding hydrogens is 466 g/mol. The standard InChI is InChI=1S/C24H31ClF2N4O3/c1-17(32)29-21-4-2-5-22(30-21)34-13-10-28-16-24(27)8-3-11-31(12-9-24)23(33)15-18-6-7-20(26)19(25)14-18/h2,4-7,14,21,28,30H,3,8-13,15-16H2,1H3,(H,29,32)/t21?,24-/m0/s1. The fourth-order valence-electron chi connectivity index (χ4n) is 3.96. The second-order valence-corrected chi connectivity index (χ2v) is 8.98. The summed E-state index contributed by atoms with van der Waals surface area (Å²) in [6.45, 7) is 3.22. The largest absolute Gasteiger partial charge is 0.478 e. The number of amides is 2. The van der Waals surface area contributed by atoms with Crippen LogP contribution in [-0.2, 0) is 20.7 Å². The lowest BCUT2D eigenvalue weighted by Crippen LogP contribution is -2.44. The Labute approximate surface area is 203 Å². The van der Waals surface area contributed by atoms with Gasteiger partial charge in [0.1, 0.15) is 24.3 Å². The predicted octanol–water partition coefficient (Wildman–Crippen LogP) is 2.81. The third-order valence-electron chi connectivity index (χ3n) is 5.76. The van der Waals surface area contributed by atoms with Crippen molar-refractivity contribution in [2.24, 2.45) is 0 Å². The van der Waals surface area contributed by atoms with Crippen molar-refractivity contribution in [3.05, 3.63) is 58.7 Å². The quantitative estimate of drug-likeness (QED) is 0.458. The summed E-state index contributed by atoms with van der Waals surface area (Å²) in [6, 6.07) is 4.24. The van der Waals surface area contributed by atoms with Gasteiger partial charge in [0.2, 0.25) is 11.8 Å². The summed E-state index contributed by atoms with van der Waals surface area (Å²) in [5, 5.41) is 8.85. The average molecular weight is 497 g/mol. The van der Waals surface area contributed by atoms with Crippen LogP contribution in [0, 0.1) is 5.82 Å². The first-order chi connectivity index (χ1) is 16.2. The Balaban J connectivity index is 1.37. The number of halogens is 3. The Bertz CT molecular complexity index is 943. The van der Waals surface area contributed by atoms with Crippen LogP contribution < -0.4 is 16.0 Å². The summed E-state index contributed by atoms with van der Waals surface area (Å²) in [5.41, 5.74) is -0.772. The van der Waals surface area contributed by atoms with E-state index < -0.39 is 11.5 Å². The van der Waals surface area contributed by atoms with Gasteiger partial charge in [-0.15, -0.1) is 0 Å². The number of ether oxygens (including phenoxy) is 1. The first kappa shape index (κ1) is 26.0. The molecule has 2 amide bonds. The molecule has 10 heteroatoms. The van der Waals surface area contributed by atoms with Crippen molar-refractivity contribution < 1.29 is 23.1 Å². The molecular formula is C24H31ClF2N4O3. The number of likely N-dealkylation sites (tertiary alicyclic amines) is 1. The summed E-state index contributed by atoms with van der Waals surface area (Å²) in [4.78, 5) is 25.5. The van der Waals surface area contributed by atoms with Crippen molar-refractivity contribution >= 4 is 23.4 Å². The third kappa shape index (κ3) is 7.99. The fraction of sp³-hybridized carbons (Fsp3) is 0.500. The van der Waals surface area contributed by atoms with Crippen LogP contribution in [0.4, 0.5) is 8.78 Å². The minimum absolute atomic E-state index is 0.0152. The van der Waals surface area contributed by atoms with Crippen molar-refractivity contribution in [2.75, 3.05) is 32.8 Å². The zero-order chi connectivity index (χ0) is 24.6. The topological polar surface area (TPSA) is 82.7 Å². The number of rotatable bonds is 9. The summed E-state index contributed by atoms with van der Waals surface area (Å²) in [7, 11) is 0. The molecule has 0 saturated carbocycles. The van der Waals surface area contributed by atoms with Gasteiger partial charge in [0.15, 0.2) is 5.88 Å². The van der Waals surface area contributed by atoms with E-state index in [0.717, 1.165) is 0 Å². The molecule has 2 aliphatic heterocycles. The SMILES string of the molecule is CC(=O)NC1C=CC=C(OCCNC[C@]2(F)CCCN(C(=O)Cc3ccc(F)c(Cl)c3)CC2)N1. The van der Waals surface area contributed by atoms with E-state index in [9.17, 15) is 14.0 Å². The van der Waals surface area contributed by atoms with Crippen LogP contribution in [0.25, 0.3) is 0 Å². The van der Waals surface area contributed by atoms with Crippen LogP contribution in [0.15, 0.2) is 42.3 Å². The number of hydrogen-bond acceptors (Lipinski definition) is 5. The van der Waals surface area contributed by atoms with Crippen molar-refractivity contribution in [2.45, 2.75) is 44.4 Å². The molecule has 1 fully saturated rings. The first-order valence-corrected chi connectivity index (χ1v) is 11.8. The van der Waals surface area contributed by atoms with E-state index in [-0.39, 0.29) is 42.4 Å². The van der Waals surface area contributed by atoms with Gasteiger partial charge >= 0.3 is 0 Å². The molecule has 0 bridgehead atoms. The number of hydrogen-bond donors (Lipinski definition) is 3. The number of dihydropyridines is 1. The van der Waals surface area contributed by atoms with Gasteiger partial charge in [0.05, 0.1) is 11.4 Å². The van der Waals surface area contributed by atoms with Crippen LogP contribution >= 0.6 is 11.6 Å². The van der Waals surface area contributed by atoms with E-state index in [0.29, 0.717) is 50.5 Å². The maximum Gasteiger partial charge on any atom is 0.226 e. The fourth-order valence-corrected chi connectivity index (χ4v) is 4.17. The molecule has 7 nitrogen and oxygen atoms in total. The highest BCUT2D eigenvalue weighted by Crippen LogP contribution is 2.26. The Kier molecular flexibility index (Phi) is 9.29. The molecule has 2 atom stereocenters. The lowest BCUT2D eigenvalue weighted by molar-refractivity contribution is -0.130. The van der Waals surface area contributed by atoms with Gasteiger partial charge in [-0.2, -0.15) is 0 Å². The lowest BCUT2D eigenvalue weighted by atomic mass is 9.97. The zero-order valence-electron chi connectivity index (χ0n) is 19.2. The number of nitrogens with zero attached hydrogens (tertiary/aromatic N) is 1. The lowest BCUT2D eigenvalue weighted by Gasteiger charge is -2.25. The van der Waals surface area contributed by atoms with Gasteiger partial charge in [0.25, 0.3) is 0 Å². The van der Waals surface area contributed by atoms with Gasteiger partial charge in [0, 0.05) is 39.5 Å². The summed E-state index contributed by atoms with van der Waals surface area (Å²) in [5.74, 6) is -0.260. The maximum absolute atomic E-state index is 15.4. The molecule has 0 aliphatic carbocycles. The number of carbonyl (C=O) groups is 2. The smallest absolute Gasteiger partial charge is 0.226 e. The van der Waals surface area contributed by atoms with E-state index >= 15 is 4.39 Å². The minimum Gasteiger partial charge on any atom is -0.478 e. The molecule has 1 saturated heterocycles. The van der Waals surface area contributed by atoms with Gasteiger partial charge < -0.3 is 25.6 Å². The molecule has 0 aromatic heterocycles. The summed E-state index contributed by atoms with van der Waals surface area (Å²) >= 11 is 5.80. The van der Waals surface area contributed by atoms with Crippen molar-refractivity contribution in [3.63, 3.8) is 0 Å². The van der Waals surface area contributed by atoms with Crippen LogP contribution in [0.5, 0.6) is 0 Å². The van der Waals surface area contributed by atoms with Crippen LogP contribution in [0.3, 0.4) is 0 Å². The highest BCUT2D eigenvalue weighted by Gasteiger charge is 2.33. The molecule has 3 N–H and O–H groups in total. The molecule has 1 unspecified atom stereocenters. The third-order valence-corrected chi connectivity index (χ3v) is 6.05. The van der Waals surface area contributed by atoms with Gasteiger partial charge in [-0.1, -0.05) is 23.7 Å². The van der Waals surface area contributed by atoms with Crippen LogP contribution in [-0.4, -0.2) is 61.3 Å². The number of carbonyl (C=O) groups excluding carboxylic acids is 2. The average Bonchev–Trinajstić information content (AvgIpc) is 2.98. The number of alkyl halides is 1. The zero-order valence-corrected chi connectivity index (χ0v) is 20.0. The van der Waals surface area contributed by atoms with Crippen molar-refractivity contribution in [1.29, 1.82) is 0 Å². The second kappa shape index (κ2) is 12.2. The summed E-state index contributed by atoms with van der Waals surface area (Å²) < 4.78 is 34.3.